The monoisotopic (exact) mass is 394 g/mol. The van der Waals surface area contributed by atoms with Gasteiger partial charge in [-0.05, 0) is 55.3 Å². The molecule has 0 radical (unpaired) electrons. The fraction of sp³-hybridized carbons (Fsp3) is 0.500. The van der Waals surface area contributed by atoms with Gasteiger partial charge in [0.15, 0.2) is 0 Å². The third kappa shape index (κ3) is 6.29. The number of rotatable bonds is 8. The van der Waals surface area contributed by atoms with Gasteiger partial charge in [-0.25, -0.2) is 4.98 Å². The first-order chi connectivity index (χ1) is 14.2. The van der Waals surface area contributed by atoms with Gasteiger partial charge in [-0.3, -0.25) is 9.69 Å². The average molecular weight is 395 g/mol. The van der Waals surface area contributed by atoms with Crippen LogP contribution < -0.4 is 10.2 Å². The molecule has 0 unspecified atom stereocenters. The van der Waals surface area contributed by atoms with Gasteiger partial charge in [0.1, 0.15) is 5.82 Å². The van der Waals surface area contributed by atoms with Gasteiger partial charge in [0.2, 0.25) is 0 Å². The van der Waals surface area contributed by atoms with Crippen molar-refractivity contribution >= 4 is 11.7 Å². The molecule has 0 atom stereocenters. The van der Waals surface area contributed by atoms with Gasteiger partial charge >= 0.3 is 0 Å². The summed E-state index contributed by atoms with van der Waals surface area (Å²) >= 11 is 0. The fourth-order valence-corrected chi connectivity index (χ4v) is 3.76. The molecule has 1 amide bonds. The van der Waals surface area contributed by atoms with Gasteiger partial charge in [-0.15, -0.1) is 0 Å². The lowest BCUT2D eigenvalue weighted by atomic mass is 10.1. The maximum absolute atomic E-state index is 12.5. The average Bonchev–Trinajstić information content (AvgIpc) is 3.06. The standard InChI is InChI=1S/C24H34N4O/c1-3-27(4-2)19-20-9-12-22(13-10-20)24(29)26-18-21-11-14-23(25-17-21)28-15-7-5-6-8-16-28/h9-14,17H,3-8,15-16,18-19H2,1-2H3,(H,26,29). The fourth-order valence-electron chi connectivity index (χ4n) is 3.76. The van der Waals surface area contributed by atoms with Gasteiger partial charge in [-0.2, -0.15) is 0 Å². The lowest BCUT2D eigenvalue weighted by molar-refractivity contribution is 0.0951. The highest BCUT2D eigenvalue weighted by molar-refractivity contribution is 5.94. The van der Waals surface area contributed by atoms with Crippen molar-refractivity contribution in [1.82, 2.24) is 15.2 Å². The molecule has 5 heteroatoms. The van der Waals surface area contributed by atoms with Crippen LogP contribution >= 0.6 is 0 Å². The van der Waals surface area contributed by atoms with Gasteiger partial charge in [0.25, 0.3) is 5.91 Å². The molecule has 1 aliphatic heterocycles. The first kappa shape index (κ1) is 21.3. The Morgan fingerprint density at radius 2 is 1.62 bits per heavy atom. The number of amides is 1. The number of pyridine rings is 1. The van der Waals surface area contributed by atoms with E-state index in [4.69, 9.17) is 0 Å². The first-order valence-corrected chi connectivity index (χ1v) is 11.0. The molecule has 1 N–H and O–H groups in total. The Kier molecular flexibility index (Phi) is 8.05. The number of hydrogen-bond acceptors (Lipinski definition) is 4. The summed E-state index contributed by atoms with van der Waals surface area (Å²) < 4.78 is 0. The summed E-state index contributed by atoms with van der Waals surface area (Å²) in [5.74, 6) is 1.00. The Morgan fingerprint density at radius 3 is 2.21 bits per heavy atom. The lowest BCUT2D eigenvalue weighted by Crippen LogP contribution is -2.25. The third-order valence-corrected chi connectivity index (χ3v) is 5.71. The summed E-state index contributed by atoms with van der Waals surface area (Å²) in [4.78, 5) is 21.8. The van der Waals surface area contributed by atoms with Crippen molar-refractivity contribution in [1.29, 1.82) is 0 Å². The summed E-state index contributed by atoms with van der Waals surface area (Å²) in [6, 6.07) is 12.1. The van der Waals surface area contributed by atoms with E-state index in [1.54, 1.807) is 0 Å². The summed E-state index contributed by atoms with van der Waals surface area (Å²) in [6.07, 6.45) is 7.00. The van der Waals surface area contributed by atoms with E-state index in [0.29, 0.717) is 12.1 Å². The van der Waals surface area contributed by atoms with Gasteiger partial charge in [0.05, 0.1) is 0 Å². The highest BCUT2D eigenvalue weighted by atomic mass is 16.1. The summed E-state index contributed by atoms with van der Waals surface area (Å²) in [6.45, 7) is 9.99. The largest absolute Gasteiger partial charge is 0.357 e. The topological polar surface area (TPSA) is 48.5 Å². The van der Waals surface area contributed by atoms with Crippen molar-refractivity contribution < 1.29 is 4.79 Å². The van der Waals surface area contributed by atoms with Crippen LogP contribution in [0.25, 0.3) is 0 Å². The second-order valence-corrected chi connectivity index (χ2v) is 7.77. The number of aromatic nitrogens is 1. The Labute approximate surface area is 175 Å². The Bertz CT molecular complexity index is 745. The van der Waals surface area contributed by atoms with E-state index >= 15 is 0 Å². The highest BCUT2D eigenvalue weighted by Gasteiger charge is 2.11. The Hall–Kier alpha value is -2.40. The number of carbonyl (C=O) groups is 1. The third-order valence-electron chi connectivity index (χ3n) is 5.71. The van der Waals surface area contributed by atoms with Crippen LogP contribution in [-0.4, -0.2) is 42.0 Å². The van der Waals surface area contributed by atoms with Crippen molar-refractivity contribution in [2.24, 2.45) is 0 Å². The molecule has 2 aromatic rings. The number of hydrogen-bond donors (Lipinski definition) is 1. The van der Waals surface area contributed by atoms with Crippen molar-refractivity contribution in [3.8, 4) is 0 Å². The molecule has 1 saturated heterocycles. The summed E-state index contributed by atoms with van der Waals surface area (Å²) in [5, 5.41) is 3.00. The molecule has 29 heavy (non-hydrogen) atoms. The van der Waals surface area contributed by atoms with Crippen LogP contribution in [0.2, 0.25) is 0 Å². The SMILES string of the molecule is CCN(CC)Cc1ccc(C(=O)NCc2ccc(N3CCCCCC3)nc2)cc1. The zero-order valence-electron chi connectivity index (χ0n) is 17.9. The van der Waals surface area contributed by atoms with Crippen molar-refractivity contribution in [3.63, 3.8) is 0 Å². The van der Waals surface area contributed by atoms with Crippen LogP contribution in [0, 0.1) is 0 Å². The quantitative estimate of drug-likeness (QED) is 0.728. The molecule has 2 heterocycles. The number of benzene rings is 1. The van der Waals surface area contributed by atoms with E-state index in [9.17, 15) is 4.79 Å². The second-order valence-electron chi connectivity index (χ2n) is 7.77. The molecule has 1 fully saturated rings. The molecule has 156 valence electrons. The van der Waals surface area contributed by atoms with Crippen LogP contribution in [0.1, 0.15) is 61.0 Å². The zero-order valence-corrected chi connectivity index (χ0v) is 17.9. The normalized spacial score (nSPS) is 14.7. The molecule has 0 aliphatic carbocycles. The van der Waals surface area contributed by atoms with Crippen molar-refractivity contribution in [3.05, 3.63) is 59.3 Å². The van der Waals surface area contributed by atoms with E-state index in [2.05, 4.69) is 46.1 Å². The predicted octanol–water partition coefficient (Wildman–Crippen LogP) is 4.23. The predicted molar refractivity (Wildman–Crippen MR) is 119 cm³/mol. The lowest BCUT2D eigenvalue weighted by Gasteiger charge is -2.21. The number of carbonyl (C=O) groups excluding carboxylic acids is 1. The summed E-state index contributed by atoms with van der Waals surface area (Å²) in [7, 11) is 0. The number of anilines is 1. The van der Waals surface area contributed by atoms with Crippen LogP contribution in [0.5, 0.6) is 0 Å². The van der Waals surface area contributed by atoms with Gasteiger partial charge < -0.3 is 10.2 Å². The number of nitrogens with one attached hydrogen (secondary N) is 1. The molecular weight excluding hydrogens is 360 g/mol. The van der Waals surface area contributed by atoms with Gasteiger partial charge in [0, 0.05) is 37.9 Å². The molecule has 1 aromatic carbocycles. The van der Waals surface area contributed by atoms with Crippen molar-refractivity contribution in [2.75, 3.05) is 31.1 Å². The van der Waals surface area contributed by atoms with E-state index < -0.39 is 0 Å². The number of nitrogens with zero attached hydrogens (tertiary/aromatic N) is 3. The first-order valence-electron chi connectivity index (χ1n) is 11.0. The van der Waals surface area contributed by atoms with E-state index in [1.165, 1.54) is 31.2 Å². The van der Waals surface area contributed by atoms with Crippen molar-refractivity contribution in [2.45, 2.75) is 52.6 Å². The highest BCUT2D eigenvalue weighted by Crippen LogP contribution is 2.17. The minimum absolute atomic E-state index is 0.0454. The molecule has 0 bridgehead atoms. The Morgan fingerprint density at radius 1 is 0.966 bits per heavy atom. The minimum atomic E-state index is -0.0454. The van der Waals surface area contributed by atoms with E-state index in [-0.39, 0.29) is 5.91 Å². The smallest absolute Gasteiger partial charge is 0.251 e. The van der Waals surface area contributed by atoms with Gasteiger partial charge in [-0.1, -0.05) is 44.9 Å². The van der Waals surface area contributed by atoms with Crippen LogP contribution in [-0.2, 0) is 13.1 Å². The molecule has 5 nitrogen and oxygen atoms in total. The van der Waals surface area contributed by atoms with Crippen LogP contribution in [0.3, 0.4) is 0 Å². The molecule has 1 aliphatic rings. The summed E-state index contributed by atoms with van der Waals surface area (Å²) in [5.41, 5.74) is 2.95. The maximum Gasteiger partial charge on any atom is 0.251 e. The molecule has 0 saturated carbocycles. The molecule has 1 aromatic heterocycles. The van der Waals surface area contributed by atoms with E-state index in [0.717, 1.165) is 44.1 Å². The minimum Gasteiger partial charge on any atom is -0.357 e. The van der Waals surface area contributed by atoms with E-state index in [1.807, 2.05) is 30.5 Å². The van der Waals surface area contributed by atoms with Crippen LogP contribution in [0.4, 0.5) is 5.82 Å². The molecule has 0 spiro atoms. The molecular formula is C24H34N4O. The molecule has 3 rings (SSSR count). The maximum atomic E-state index is 12.5. The second kappa shape index (κ2) is 11.0. The Balaban J connectivity index is 1.51. The zero-order chi connectivity index (χ0) is 20.5. The van der Waals surface area contributed by atoms with Crippen LogP contribution in [0.15, 0.2) is 42.6 Å².